The van der Waals surface area contributed by atoms with Crippen molar-refractivity contribution in [3.05, 3.63) is 12.3 Å². The van der Waals surface area contributed by atoms with Crippen molar-refractivity contribution in [3.63, 3.8) is 0 Å². The van der Waals surface area contributed by atoms with Crippen LogP contribution in [0.5, 0.6) is 0 Å². The molecule has 0 spiro atoms. The minimum Gasteiger partial charge on any atom is -0.320 e. The summed E-state index contributed by atoms with van der Waals surface area (Å²) < 4.78 is 0. The van der Waals surface area contributed by atoms with E-state index in [1.54, 1.807) is 0 Å². The zero-order valence-electron chi connectivity index (χ0n) is 4.27. The summed E-state index contributed by atoms with van der Waals surface area (Å²) in [6, 6.07) is 0. The van der Waals surface area contributed by atoms with E-state index in [4.69, 9.17) is 11.7 Å². The van der Waals surface area contributed by atoms with E-state index in [1.165, 1.54) is 0 Å². The van der Waals surface area contributed by atoms with E-state index < -0.39 is 5.91 Å². The van der Waals surface area contributed by atoms with Crippen molar-refractivity contribution in [1.82, 2.24) is 10.9 Å². The van der Waals surface area contributed by atoms with E-state index in [0.717, 1.165) is 0 Å². The quantitative estimate of drug-likeness (QED) is 0.145. The molecular weight excluding hydrogens is 108 g/mol. The zero-order chi connectivity index (χ0) is 6.57. The fourth-order valence-electron chi connectivity index (χ4n) is 0.153. The van der Waals surface area contributed by atoms with Crippen LogP contribution in [0.4, 0.5) is 0 Å². The van der Waals surface area contributed by atoms with Gasteiger partial charge in [-0.3, -0.25) is 16.1 Å². The Morgan fingerprint density at radius 2 is 1.88 bits per heavy atom. The van der Waals surface area contributed by atoms with Crippen LogP contribution in [-0.4, -0.2) is 5.91 Å². The van der Waals surface area contributed by atoms with Gasteiger partial charge >= 0.3 is 0 Å². The molecule has 0 radical (unpaired) electrons. The lowest BCUT2D eigenvalue weighted by Crippen LogP contribution is -2.37. The average molecular weight is 116 g/mol. The molecule has 0 atom stereocenters. The maximum absolute atomic E-state index is 10.3. The van der Waals surface area contributed by atoms with E-state index in [2.05, 4.69) is 6.58 Å². The predicted octanol–water partition coefficient (Wildman–Crippen LogP) is -2.05. The number of rotatable bonds is 2. The molecule has 0 aliphatic rings. The van der Waals surface area contributed by atoms with Crippen molar-refractivity contribution >= 4 is 5.91 Å². The molecule has 0 fully saturated rings. The van der Waals surface area contributed by atoms with Gasteiger partial charge in [0.25, 0.3) is 5.91 Å². The van der Waals surface area contributed by atoms with Crippen LogP contribution in [-0.2, 0) is 4.79 Å². The fraction of sp³-hybridized carbons (Fsp3) is 0. The lowest BCUT2D eigenvalue weighted by atomic mass is 10.5. The predicted molar refractivity (Wildman–Crippen MR) is 28.8 cm³/mol. The monoisotopic (exact) mass is 116 g/mol. The molecule has 0 saturated carbocycles. The minimum absolute atomic E-state index is 0.0347. The first-order valence-electron chi connectivity index (χ1n) is 1.89. The molecule has 0 heterocycles. The third-order valence-electron chi connectivity index (χ3n) is 0.579. The molecule has 0 saturated heterocycles. The number of hydrogen-bond acceptors (Lipinski definition) is 4. The first-order valence-corrected chi connectivity index (χ1v) is 1.89. The Bertz CT molecular complexity index is 95.9. The summed E-state index contributed by atoms with van der Waals surface area (Å²) in [5, 5.41) is 0. The number of carbonyl (C=O) groups excluding carboxylic acids is 1. The van der Waals surface area contributed by atoms with Crippen molar-refractivity contribution in [2.45, 2.75) is 0 Å². The first-order chi connectivity index (χ1) is 3.72. The van der Waals surface area contributed by atoms with Gasteiger partial charge < -0.3 is 5.43 Å². The van der Waals surface area contributed by atoms with Crippen LogP contribution < -0.4 is 22.5 Å². The Morgan fingerprint density at radius 3 is 2.00 bits per heavy atom. The SMILES string of the molecule is C=C(NN)C(=O)NN. The average Bonchev–Trinajstić information content (AvgIpc) is 1.84. The van der Waals surface area contributed by atoms with Gasteiger partial charge in [0.2, 0.25) is 0 Å². The number of hydrazine groups is 2. The van der Waals surface area contributed by atoms with Crippen molar-refractivity contribution < 1.29 is 4.79 Å². The normalized spacial score (nSPS) is 7.75. The highest BCUT2D eigenvalue weighted by molar-refractivity contribution is 5.91. The highest BCUT2D eigenvalue weighted by Crippen LogP contribution is 1.74. The van der Waals surface area contributed by atoms with Crippen molar-refractivity contribution in [1.29, 1.82) is 0 Å². The molecule has 46 valence electrons. The van der Waals surface area contributed by atoms with Crippen molar-refractivity contribution in [3.8, 4) is 0 Å². The second-order valence-electron chi connectivity index (χ2n) is 1.10. The molecule has 0 unspecified atom stereocenters. The van der Waals surface area contributed by atoms with Crippen molar-refractivity contribution in [2.75, 3.05) is 0 Å². The Hall–Kier alpha value is -1.07. The Kier molecular flexibility index (Phi) is 2.60. The Balaban J connectivity index is 3.64. The van der Waals surface area contributed by atoms with E-state index in [0.29, 0.717) is 0 Å². The number of nitrogens with two attached hydrogens (primary N) is 2. The largest absolute Gasteiger partial charge is 0.320 e. The van der Waals surface area contributed by atoms with Gasteiger partial charge in [-0.2, -0.15) is 0 Å². The van der Waals surface area contributed by atoms with Crippen LogP contribution in [0.3, 0.4) is 0 Å². The molecule has 5 nitrogen and oxygen atoms in total. The number of hydrogen-bond donors (Lipinski definition) is 4. The Morgan fingerprint density at radius 1 is 1.38 bits per heavy atom. The van der Waals surface area contributed by atoms with Gasteiger partial charge in [0.15, 0.2) is 0 Å². The van der Waals surface area contributed by atoms with Crippen LogP contribution in [0.15, 0.2) is 12.3 Å². The van der Waals surface area contributed by atoms with Gasteiger partial charge in [0.1, 0.15) is 5.70 Å². The first kappa shape index (κ1) is 6.93. The van der Waals surface area contributed by atoms with Crippen molar-refractivity contribution in [2.24, 2.45) is 11.7 Å². The fourth-order valence-corrected chi connectivity index (χ4v) is 0.153. The van der Waals surface area contributed by atoms with Gasteiger partial charge in [0, 0.05) is 0 Å². The summed E-state index contributed by atoms with van der Waals surface area (Å²) in [4.78, 5) is 10.3. The number of amides is 1. The van der Waals surface area contributed by atoms with Gasteiger partial charge in [-0.1, -0.05) is 6.58 Å². The van der Waals surface area contributed by atoms with Crippen LogP contribution in [0.25, 0.3) is 0 Å². The third kappa shape index (κ3) is 1.59. The maximum atomic E-state index is 10.3. The molecule has 0 aromatic carbocycles. The topological polar surface area (TPSA) is 93.2 Å². The van der Waals surface area contributed by atoms with E-state index in [9.17, 15) is 4.79 Å². The molecule has 0 aliphatic carbocycles. The summed E-state index contributed by atoms with van der Waals surface area (Å²) >= 11 is 0. The maximum Gasteiger partial charge on any atom is 0.281 e. The molecular formula is C3H8N4O. The molecule has 8 heavy (non-hydrogen) atoms. The molecule has 0 aromatic heterocycles. The number of carbonyl (C=O) groups is 1. The molecule has 6 N–H and O–H groups in total. The van der Waals surface area contributed by atoms with Gasteiger partial charge in [0.05, 0.1) is 0 Å². The summed E-state index contributed by atoms with van der Waals surface area (Å²) in [5.74, 6) is 8.95. The highest BCUT2D eigenvalue weighted by Gasteiger charge is 1.98. The minimum atomic E-state index is -0.521. The van der Waals surface area contributed by atoms with Gasteiger partial charge in [-0.15, -0.1) is 0 Å². The highest BCUT2D eigenvalue weighted by atomic mass is 16.2. The zero-order valence-corrected chi connectivity index (χ0v) is 4.27. The lowest BCUT2D eigenvalue weighted by molar-refractivity contribution is -0.117. The second kappa shape index (κ2) is 3.00. The van der Waals surface area contributed by atoms with E-state index in [-0.39, 0.29) is 5.70 Å². The van der Waals surface area contributed by atoms with E-state index in [1.807, 2.05) is 10.9 Å². The molecule has 5 heteroatoms. The smallest absolute Gasteiger partial charge is 0.281 e. The summed E-state index contributed by atoms with van der Waals surface area (Å²) in [5.41, 5.74) is 3.90. The molecule has 0 aromatic rings. The molecule has 1 amide bonds. The molecule has 0 rings (SSSR count). The van der Waals surface area contributed by atoms with Crippen LogP contribution in [0.1, 0.15) is 0 Å². The van der Waals surface area contributed by atoms with Gasteiger partial charge in [-0.05, 0) is 0 Å². The summed E-state index contributed by atoms with van der Waals surface area (Å²) in [6.45, 7) is 3.22. The summed E-state index contributed by atoms with van der Waals surface area (Å²) in [6.07, 6.45) is 0. The molecule has 0 bridgehead atoms. The third-order valence-corrected chi connectivity index (χ3v) is 0.579. The van der Waals surface area contributed by atoms with Gasteiger partial charge in [-0.25, -0.2) is 5.84 Å². The van der Waals surface area contributed by atoms with Crippen LogP contribution >= 0.6 is 0 Å². The second-order valence-corrected chi connectivity index (χ2v) is 1.10. The lowest BCUT2D eigenvalue weighted by Gasteiger charge is -1.99. The number of nitrogens with one attached hydrogen (secondary N) is 2. The summed E-state index contributed by atoms with van der Waals surface area (Å²) in [7, 11) is 0. The Labute approximate surface area is 46.7 Å². The van der Waals surface area contributed by atoms with Crippen LogP contribution in [0.2, 0.25) is 0 Å². The van der Waals surface area contributed by atoms with E-state index >= 15 is 0 Å². The standard InChI is InChI=1S/C3H8N4O/c1-2(6-4)3(8)7-5/h6H,1,4-5H2,(H,7,8). The molecule has 0 aliphatic heterocycles. The van der Waals surface area contributed by atoms with Crippen LogP contribution in [0, 0.1) is 0 Å².